The Kier molecular flexibility index (Phi) is 5.34. The Hall–Kier alpha value is -0.880. The van der Waals surface area contributed by atoms with Crippen LogP contribution in [0.4, 0.5) is 0 Å². The SMILES string of the molecule is NNC(=O)CCCCCn1cc(Br)cn1. The van der Waals surface area contributed by atoms with E-state index in [1.807, 2.05) is 10.9 Å². The van der Waals surface area contributed by atoms with E-state index in [9.17, 15) is 4.79 Å². The molecule has 0 unspecified atom stereocenters. The maximum Gasteiger partial charge on any atom is 0.233 e. The lowest BCUT2D eigenvalue weighted by molar-refractivity contribution is -0.121. The molecule has 6 heteroatoms. The molecule has 1 aromatic heterocycles. The van der Waals surface area contributed by atoms with Gasteiger partial charge in [0.15, 0.2) is 0 Å². The van der Waals surface area contributed by atoms with Crippen molar-refractivity contribution in [1.82, 2.24) is 15.2 Å². The van der Waals surface area contributed by atoms with Crippen LogP contribution in [-0.4, -0.2) is 15.7 Å². The molecule has 3 N–H and O–H groups in total. The summed E-state index contributed by atoms with van der Waals surface area (Å²) in [4.78, 5) is 10.8. The van der Waals surface area contributed by atoms with Crippen molar-refractivity contribution >= 4 is 21.8 Å². The fraction of sp³-hybridized carbons (Fsp3) is 0.556. The third-order valence-electron chi connectivity index (χ3n) is 2.05. The van der Waals surface area contributed by atoms with Gasteiger partial charge in [-0.05, 0) is 28.8 Å². The van der Waals surface area contributed by atoms with E-state index in [4.69, 9.17) is 5.84 Å². The Morgan fingerprint density at radius 3 is 2.93 bits per heavy atom. The summed E-state index contributed by atoms with van der Waals surface area (Å²) in [5, 5.41) is 4.14. The van der Waals surface area contributed by atoms with Crippen LogP contribution in [0.5, 0.6) is 0 Å². The molecule has 0 aromatic carbocycles. The first-order valence-corrected chi connectivity index (χ1v) is 5.69. The highest BCUT2D eigenvalue weighted by Gasteiger charge is 1.98. The van der Waals surface area contributed by atoms with Crippen LogP contribution in [-0.2, 0) is 11.3 Å². The second-order valence-electron chi connectivity index (χ2n) is 3.30. The minimum Gasteiger partial charge on any atom is -0.294 e. The first-order chi connectivity index (χ1) is 7.22. The normalized spacial score (nSPS) is 10.3. The second-order valence-corrected chi connectivity index (χ2v) is 4.22. The molecule has 0 fully saturated rings. The fourth-order valence-electron chi connectivity index (χ4n) is 1.27. The van der Waals surface area contributed by atoms with Crippen LogP contribution < -0.4 is 11.3 Å². The Morgan fingerprint density at radius 1 is 1.53 bits per heavy atom. The van der Waals surface area contributed by atoms with Crippen molar-refractivity contribution in [3.05, 3.63) is 16.9 Å². The van der Waals surface area contributed by atoms with Crippen LogP contribution in [0, 0.1) is 0 Å². The molecule has 15 heavy (non-hydrogen) atoms. The standard InChI is InChI=1S/C9H15BrN4O/c10-8-6-12-14(7-8)5-3-1-2-4-9(15)13-11/h6-7H,1-5,11H2,(H,13,15). The third-order valence-corrected chi connectivity index (χ3v) is 2.46. The van der Waals surface area contributed by atoms with Gasteiger partial charge in [0.1, 0.15) is 0 Å². The molecule has 0 atom stereocenters. The predicted octanol–water partition coefficient (Wildman–Crippen LogP) is 1.20. The van der Waals surface area contributed by atoms with Gasteiger partial charge >= 0.3 is 0 Å². The predicted molar refractivity (Wildman–Crippen MR) is 60.7 cm³/mol. The molecule has 0 spiro atoms. The van der Waals surface area contributed by atoms with E-state index >= 15 is 0 Å². The van der Waals surface area contributed by atoms with E-state index in [0.717, 1.165) is 30.3 Å². The Morgan fingerprint density at radius 2 is 2.33 bits per heavy atom. The molecular weight excluding hydrogens is 260 g/mol. The maximum atomic E-state index is 10.8. The van der Waals surface area contributed by atoms with Gasteiger partial charge in [0.05, 0.1) is 10.7 Å². The number of unbranched alkanes of at least 4 members (excludes halogenated alkanes) is 2. The summed E-state index contributed by atoms with van der Waals surface area (Å²) < 4.78 is 2.87. The summed E-state index contributed by atoms with van der Waals surface area (Å²) >= 11 is 3.33. The van der Waals surface area contributed by atoms with Gasteiger partial charge in [0.25, 0.3) is 0 Å². The number of nitrogens with one attached hydrogen (secondary N) is 1. The lowest BCUT2D eigenvalue weighted by atomic mass is 10.2. The molecule has 0 aliphatic heterocycles. The van der Waals surface area contributed by atoms with Crippen LogP contribution in [0.1, 0.15) is 25.7 Å². The van der Waals surface area contributed by atoms with Crippen molar-refractivity contribution in [2.24, 2.45) is 5.84 Å². The zero-order valence-electron chi connectivity index (χ0n) is 8.45. The van der Waals surface area contributed by atoms with Crippen molar-refractivity contribution in [2.75, 3.05) is 0 Å². The molecule has 84 valence electrons. The van der Waals surface area contributed by atoms with Crippen LogP contribution in [0.25, 0.3) is 0 Å². The third kappa shape index (κ3) is 4.94. The number of nitrogens with zero attached hydrogens (tertiary/aromatic N) is 2. The summed E-state index contributed by atoms with van der Waals surface area (Å²) in [5.74, 6) is 4.86. The topological polar surface area (TPSA) is 72.9 Å². The van der Waals surface area contributed by atoms with Gasteiger partial charge < -0.3 is 0 Å². The van der Waals surface area contributed by atoms with E-state index in [0.29, 0.717) is 6.42 Å². The average molecular weight is 275 g/mol. The van der Waals surface area contributed by atoms with Gasteiger partial charge in [-0.3, -0.25) is 14.9 Å². The summed E-state index contributed by atoms with van der Waals surface area (Å²) in [5.41, 5.74) is 2.11. The van der Waals surface area contributed by atoms with Crippen LogP contribution in [0.3, 0.4) is 0 Å². The van der Waals surface area contributed by atoms with Gasteiger partial charge in [0, 0.05) is 19.2 Å². The zero-order valence-corrected chi connectivity index (χ0v) is 10.0. The number of rotatable bonds is 6. The first kappa shape index (κ1) is 12.2. The maximum absolute atomic E-state index is 10.8. The smallest absolute Gasteiger partial charge is 0.233 e. The lowest BCUT2D eigenvalue weighted by Gasteiger charge is -2.01. The molecule has 0 saturated heterocycles. The Bertz CT molecular complexity index is 313. The van der Waals surface area contributed by atoms with Crippen molar-refractivity contribution < 1.29 is 4.79 Å². The molecule has 1 rings (SSSR count). The van der Waals surface area contributed by atoms with Crippen molar-refractivity contribution in [1.29, 1.82) is 0 Å². The minimum absolute atomic E-state index is 0.100. The average Bonchev–Trinajstić information content (AvgIpc) is 2.63. The molecule has 0 aliphatic rings. The quantitative estimate of drug-likeness (QED) is 0.354. The fourth-order valence-corrected chi connectivity index (χ4v) is 1.60. The number of amides is 1. The Labute approximate surface area is 97.1 Å². The van der Waals surface area contributed by atoms with E-state index in [2.05, 4.69) is 26.5 Å². The monoisotopic (exact) mass is 274 g/mol. The van der Waals surface area contributed by atoms with Crippen LogP contribution in [0.2, 0.25) is 0 Å². The Balaban J connectivity index is 2.05. The van der Waals surface area contributed by atoms with Gasteiger partial charge in [0.2, 0.25) is 5.91 Å². The van der Waals surface area contributed by atoms with Gasteiger partial charge in [-0.25, -0.2) is 5.84 Å². The summed E-state index contributed by atoms with van der Waals surface area (Å²) in [6.45, 7) is 0.885. The number of carbonyl (C=O) groups excluding carboxylic acids is 1. The highest BCUT2D eigenvalue weighted by molar-refractivity contribution is 9.10. The van der Waals surface area contributed by atoms with E-state index in [-0.39, 0.29) is 5.91 Å². The van der Waals surface area contributed by atoms with Crippen molar-refractivity contribution in [3.8, 4) is 0 Å². The summed E-state index contributed by atoms with van der Waals surface area (Å²) in [6, 6.07) is 0. The molecule has 1 heterocycles. The molecule has 5 nitrogen and oxygen atoms in total. The van der Waals surface area contributed by atoms with Gasteiger partial charge in [-0.2, -0.15) is 5.10 Å². The number of hydrogen-bond acceptors (Lipinski definition) is 3. The minimum atomic E-state index is -0.100. The molecule has 1 aromatic rings. The van der Waals surface area contributed by atoms with Gasteiger partial charge in [-0.15, -0.1) is 0 Å². The van der Waals surface area contributed by atoms with E-state index in [1.54, 1.807) is 6.20 Å². The largest absolute Gasteiger partial charge is 0.294 e. The van der Waals surface area contributed by atoms with Crippen LogP contribution in [0.15, 0.2) is 16.9 Å². The van der Waals surface area contributed by atoms with Crippen molar-refractivity contribution in [2.45, 2.75) is 32.2 Å². The number of aryl methyl sites for hydroxylation is 1. The van der Waals surface area contributed by atoms with Crippen LogP contribution >= 0.6 is 15.9 Å². The number of halogens is 1. The molecule has 1 amide bonds. The highest BCUT2D eigenvalue weighted by Crippen LogP contribution is 2.08. The van der Waals surface area contributed by atoms with E-state index in [1.165, 1.54) is 0 Å². The molecular formula is C9H15BrN4O. The summed E-state index contributed by atoms with van der Waals surface area (Å²) in [7, 11) is 0. The summed E-state index contributed by atoms with van der Waals surface area (Å²) in [6.07, 6.45) is 7.09. The number of carbonyl (C=O) groups is 1. The van der Waals surface area contributed by atoms with Crippen molar-refractivity contribution in [3.63, 3.8) is 0 Å². The van der Waals surface area contributed by atoms with E-state index < -0.39 is 0 Å². The number of hydrazine groups is 1. The molecule has 0 radical (unpaired) electrons. The number of aromatic nitrogens is 2. The molecule has 0 saturated carbocycles. The molecule has 0 bridgehead atoms. The lowest BCUT2D eigenvalue weighted by Crippen LogP contribution is -2.29. The molecule has 0 aliphatic carbocycles. The number of hydrogen-bond donors (Lipinski definition) is 2. The van der Waals surface area contributed by atoms with Gasteiger partial charge in [-0.1, -0.05) is 6.42 Å². The number of nitrogens with two attached hydrogens (primary N) is 1. The second kappa shape index (κ2) is 6.58. The highest BCUT2D eigenvalue weighted by atomic mass is 79.9. The first-order valence-electron chi connectivity index (χ1n) is 4.90. The zero-order chi connectivity index (χ0) is 11.1.